The largest absolute Gasteiger partial charge is 0.338 e. The number of carbonyl (C=O) groups is 1. The fourth-order valence-corrected chi connectivity index (χ4v) is 5.07. The summed E-state index contributed by atoms with van der Waals surface area (Å²) in [6.07, 6.45) is 6.38. The zero-order valence-corrected chi connectivity index (χ0v) is 15.0. The molecule has 2 aliphatic rings. The van der Waals surface area contributed by atoms with E-state index in [0.29, 0.717) is 6.54 Å². The second kappa shape index (κ2) is 6.69. The molecule has 2 unspecified atom stereocenters. The minimum absolute atomic E-state index is 0.165. The van der Waals surface area contributed by atoms with Crippen molar-refractivity contribution in [3.63, 3.8) is 0 Å². The number of hydrogen-bond acceptors (Lipinski definition) is 5. The van der Waals surface area contributed by atoms with Gasteiger partial charge in [-0.3, -0.25) is 14.7 Å². The van der Waals surface area contributed by atoms with Crippen molar-refractivity contribution < 1.29 is 4.79 Å². The highest BCUT2D eigenvalue weighted by atomic mass is 32.1. The molecule has 0 aliphatic carbocycles. The number of carbonyl (C=O) groups excluding carboxylic acids is 1. The molecule has 0 saturated carbocycles. The molecule has 4 rings (SSSR count). The molecule has 6 heteroatoms. The number of pyridine rings is 1. The third kappa shape index (κ3) is 2.89. The number of likely N-dealkylation sites (tertiary alicyclic amines) is 2. The van der Waals surface area contributed by atoms with Gasteiger partial charge in [0.25, 0.3) is 0 Å². The minimum atomic E-state index is -0.352. The Labute approximate surface area is 152 Å². The molecular formula is C19H22N4OS. The summed E-state index contributed by atoms with van der Waals surface area (Å²) in [7, 11) is 0. The van der Waals surface area contributed by atoms with Crippen LogP contribution in [0, 0.1) is 5.41 Å². The minimum Gasteiger partial charge on any atom is -0.338 e. The van der Waals surface area contributed by atoms with Crippen LogP contribution in [-0.2, 0) is 11.3 Å². The van der Waals surface area contributed by atoms with Crippen molar-refractivity contribution in [1.29, 1.82) is 0 Å². The average molecular weight is 354 g/mol. The lowest BCUT2D eigenvalue weighted by atomic mass is 9.77. The summed E-state index contributed by atoms with van der Waals surface area (Å²) >= 11 is 1.66. The molecule has 0 radical (unpaired) electrons. The summed E-state index contributed by atoms with van der Waals surface area (Å²) in [5, 5.41) is 3.09. The molecule has 1 spiro atoms. The first-order chi connectivity index (χ1) is 12.2. The van der Waals surface area contributed by atoms with E-state index < -0.39 is 0 Å². The van der Waals surface area contributed by atoms with Crippen LogP contribution in [-0.4, -0.2) is 51.9 Å². The van der Waals surface area contributed by atoms with Gasteiger partial charge in [-0.15, -0.1) is 17.9 Å². The van der Waals surface area contributed by atoms with Gasteiger partial charge in [0.2, 0.25) is 5.91 Å². The highest BCUT2D eigenvalue weighted by Crippen LogP contribution is 2.50. The zero-order valence-electron chi connectivity index (χ0n) is 14.2. The topological polar surface area (TPSA) is 49.3 Å². The van der Waals surface area contributed by atoms with E-state index in [1.54, 1.807) is 11.3 Å². The van der Waals surface area contributed by atoms with E-state index in [9.17, 15) is 4.79 Å². The fraction of sp³-hybridized carbons (Fsp3) is 0.421. The van der Waals surface area contributed by atoms with Crippen molar-refractivity contribution in [3.8, 4) is 0 Å². The van der Waals surface area contributed by atoms with Gasteiger partial charge in [0.15, 0.2) is 0 Å². The van der Waals surface area contributed by atoms with Gasteiger partial charge in [0.1, 0.15) is 0 Å². The maximum atomic E-state index is 13.2. The molecule has 0 aromatic carbocycles. The van der Waals surface area contributed by atoms with Gasteiger partial charge >= 0.3 is 0 Å². The Kier molecular flexibility index (Phi) is 4.39. The smallest absolute Gasteiger partial charge is 0.231 e. The quantitative estimate of drug-likeness (QED) is 0.774. The second-order valence-electron chi connectivity index (χ2n) is 6.86. The van der Waals surface area contributed by atoms with Crippen LogP contribution in [0.1, 0.15) is 23.0 Å². The maximum absolute atomic E-state index is 13.2. The van der Waals surface area contributed by atoms with Crippen molar-refractivity contribution in [2.45, 2.75) is 18.9 Å². The molecule has 2 aromatic rings. The Bertz CT molecular complexity index is 748. The van der Waals surface area contributed by atoms with Gasteiger partial charge in [0.05, 0.1) is 16.1 Å². The van der Waals surface area contributed by atoms with Crippen LogP contribution < -0.4 is 0 Å². The molecule has 130 valence electrons. The summed E-state index contributed by atoms with van der Waals surface area (Å²) < 4.78 is 0. The predicted octanol–water partition coefficient (Wildman–Crippen LogP) is 2.54. The lowest BCUT2D eigenvalue weighted by molar-refractivity contribution is -0.135. The van der Waals surface area contributed by atoms with E-state index in [2.05, 4.69) is 21.4 Å². The molecule has 2 aromatic heterocycles. The SMILES string of the molecule is C=CCN1CCC2(CN(Cc3ccccn3)CC2c2nccs2)C1=O. The number of hydrogen-bond donors (Lipinski definition) is 0. The zero-order chi connectivity index (χ0) is 17.3. The third-order valence-corrected chi connectivity index (χ3v) is 6.25. The fourth-order valence-electron chi connectivity index (χ4n) is 4.23. The molecular weight excluding hydrogens is 332 g/mol. The van der Waals surface area contributed by atoms with E-state index in [0.717, 1.165) is 43.3 Å². The number of thiazole rings is 1. The first-order valence-electron chi connectivity index (χ1n) is 8.65. The summed E-state index contributed by atoms with van der Waals surface area (Å²) in [6, 6.07) is 5.99. The monoisotopic (exact) mass is 354 g/mol. The van der Waals surface area contributed by atoms with Gasteiger partial charge in [-0.05, 0) is 18.6 Å². The summed E-state index contributed by atoms with van der Waals surface area (Å²) in [5.74, 6) is 0.426. The highest BCUT2D eigenvalue weighted by Gasteiger charge is 2.57. The Morgan fingerprint density at radius 2 is 2.28 bits per heavy atom. The number of aromatic nitrogens is 2. The summed E-state index contributed by atoms with van der Waals surface area (Å²) in [5.41, 5.74) is 0.696. The summed E-state index contributed by atoms with van der Waals surface area (Å²) in [4.78, 5) is 26.5. The van der Waals surface area contributed by atoms with Crippen molar-refractivity contribution in [2.75, 3.05) is 26.2 Å². The molecule has 0 N–H and O–H groups in total. The van der Waals surface area contributed by atoms with Crippen molar-refractivity contribution in [3.05, 3.63) is 59.3 Å². The van der Waals surface area contributed by atoms with Crippen molar-refractivity contribution >= 4 is 17.2 Å². The first kappa shape index (κ1) is 16.4. The van der Waals surface area contributed by atoms with Crippen LogP contribution in [0.25, 0.3) is 0 Å². The number of nitrogens with zero attached hydrogens (tertiary/aromatic N) is 4. The summed E-state index contributed by atoms with van der Waals surface area (Å²) in [6.45, 7) is 7.64. The van der Waals surface area contributed by atoms with Crippen molar-refractivity contribution in [1.82, 2.24) is 19.8 Å². The molecule has 2 aliphatic heterocycles. The van der Waals surface area contributed by atoms with E-state index in [1.165, 1.54) is 0 Å². The van der Waals surface area contributed by atoms with E-state index >= 15 is 0 Å². The Hall–Kier alpha value is -2.05. The molecule has 2 atom stereocenters. The van der Waals surface area contributed by atoms with Crippen LogP contribution in [0.15, 0.2) is 48.6 Å². The van der Waals surface area contributed by atoms with Crippen LogP contribution in [0.5, 0.6) is 0 Å². The Morgan fingerprint density at radius 3 is 3.00 bits per heavy atom. The first-order valence-corrected chi connectivity index (χ1v) is 9.53. The van der Waals surface area contributed by atoms with E-state index in [4.69, 9.17) is 0 Å². The molecule has 2 saturated heterocycles. The molecule has 5 nitrogen and oxygen atoms in total. The Balaban J connectivity index is 1.62. The van der Waals surface area contributed by atoms with E-state index in [1.807, 2.05) is 46.9 Å². The Morgan fingerprint density at radius 1 is 1.36 bits per heavy atom. The lowest BCUT2D eigenvalue weighted by Gasteiger charge is -2.27. The van der Waals surface area contributed by atoms with Gasteiger partial charge in [-0.25, -0.2) is 4.98 Å². The van der Waals surface area contributed by atoms with Gasteiger partial charge in [-0.2, -0.15) is 0 Å². The second-order valence-corrected chi connectivity index (χ2v) is 7.79. The van der Waals surface area contributed by atoms with Crippen LogP contribution in [0.2, 0.25) is 0 Å². The maximum Gasteiger partial charge on any atom is 0.231 e. The molecule has 25 heavy (non-hydrogen) atoms. The lowest BCUT2D eigenvalue weighted by Crippen LogP contribution is -2.39. The molecule has 4 heterocycles. The van der Waals surface area contributed by atoms with Crippen LogP contribution >= 0.6 is 11.3 Å². The normalized spacial score (nSPS) is 26.6. The number of amides is 1. The third-order valence-electron chi connectivity index (χ3n) is 5.37. The number of rotatable bonds is 5. The van der Waals surface area contributed by atoms with Gasteiger partial charge in [-0.1, -0.05) is 12.1 Å². The van der Waals surface area contributed by atoms with Crippen LogP contribution in [0.3, 0.4) is 0 Å². The predicted molar refractivity (Wildman–Crippen MR) is 98.2 cm³/mol. The molecule has 0 bridgehead atoms. The van der Waals surface area contributed by atoms with E-state index in [-0.39, 0.29) is 17.2 Å². The van der Waals surface area contributed by atoms with Gasteiger partial charge < -0.3 is 4.90 Å². The van der Waals surface area contributed by atoms with Gasteiger partial charge in [0, 0.05) is 56.4 Å². The average Bonchev–Trinajstić information content (AvgIpc) is 3.33. The molecule has 1 amide bonds. The molecule has 2 fully saturated rings. The standard InChI is InChI=1S/C19H22N4OS/c1-2-9-23-10-6-19(18(23)24)14-22(12-15-5-3-4-7-20-15)13-16(19)17-21-8-11-25-17/h2-5,7-8,11,16H,1,6,9-10,12-14H2. The highest BCUT2D eigenvalue weighted by molar-refractivity contribution is 7.09. The van der Waals surface area contributed by atoms with Crippen LogP contribution in [0.4, 0.5) is 0 Å². The van der Waals surface area contributed by atoms with Crippen molar-refractivity contribution in [2.24, 2.45) is 5.41 Å².